The number of carbonyl (C=O) groups excluding carboxylic acids is 1. The molecule has 4 saturated heterocycles. The molecule has 260 valence electrons. The molecular weight excluding hydrogens is 647 g/mol. The van der Waals surface area contributed by atoms with Crippen molar-refractivity contribution >= 4 is 33.6 Å². The maximum Gasteiger partial charge on any atom is 0.415 e. The molecule has 6 heterocycles. The highest BCUT2D eigenvalue weighted by molar-refractivity contribution is 6.03. The molecule has 4 fully saturated rings. The molecule has 1 N–H and O–H groups in total. The standard InChI is InChI=1S/C37H38F3N7O3/c1-2-26-29(39)10-9-23-17-25(50-36(48)45-13-6-7-14-45)18-27(30(23)26)32-31(40)33-28(20-41-32)34(47-16-5-3-4-12-42-47)44-35(43-33)49-22-37-11-8-15-46(37)21-24(38)19-37/h1,9-10,17-18,20,24,42H,3-8,11-16,19,21-22H2/t24-,37+/m1/s1. The molecule has 2 atom stereocenters. The van der Waals surface area contributed by atoms with Crippen LogP contribution in [0.3, 0.4) is 0 Å². The molecule has 0 saturated carbocycles. The Labute approximate surface area is 287 Å². The van der Waals surface area contributed by atoms with E-state index in [9.17, 15) is 9.18 Å². The van der Waals surface area contributed by atoms with E-state index >= 15 is 8.78 Å². The molecule has 8 rings (SSSR count). The van der Waals surface area contributed by atoms with Gasteiger partial charge in [-0.1, -0.05) is 18.4 Å². The first-order chi connectivity index (χ1) is 24.3. The quantitative estimate of drug-likeness (QED) is 0.240. The summed E-state index contributed by atoms with van der Waals surface area (Å²) in [4.78, 5) is 30.6. The Bertz CT molecular complexity index is 2010. The summed E-state index contributed by atoms with van der Waals surface area (Å²) in [6.07, 6.45) is 12.6. The number of aromatic nitrogens is 3. The number of terminal acetylenes is 1. The second kappa shape index (κ2) is 13.2. The van der Waals surface area contributed by atoms with Gasteiger partial charge in [-0.15, -0.1) is 6.42 Å². The second-order valence-electron chi connectivity index (χ2n) is 13.7. The minimum atomic E-state index is -0.933. The van der Waals surface area contributed by atoms with Gasteiger partial charge in [0.25, 0.3) is 0 Å². The topological polar surface area (TPSA) is 96.0 Å². The molecule has 2 aromatic carbocycles. The average Bonchev–Trinajstić information content (AvgIpc) is 3.79. The lowest BCUT2D eigenvalue weighted by Gasteiger charge is -2.31. The van der Waals surface area contributed by atoms with E-state index in [0.717, 1.165) is 51.5 Å². The van der Waals surface area contributed by atoms with Gasteiger partial charge in [-0.3, -0.25) is 14.9 Å². The Kier molecular flexibility index (Phi) is 8.60. The third kappa shape index (κ3) is 5.84. The molecule has 2 aromatic heterocycles. The molecule has 1 amide bonds. The number of anilines is 1. The van der Waals surface area contributed by atoms with Crippen LogP contribution in [0, 0.1) is 24.0 Å². The lowest BCUT2D eigenvalue weighted by Crippen LogP contribution is -2.43. The maximum atomic E-state index is 17.1. The van der Waals surface area contributed by atoms with E-state index in [2.05, 4.69) is 26.2 Å². The van der Waals surface area contributed by atoms with E-state index in [1.807, 2.05) is 5.01 Å². The van der Waals surface area contributed by atoms with Gasteiger partial charge in [-0.25, -0.2) is 23.4 Å². The predicted octanol–water partition coefficient (Wildman–Crippen LogP) is 6.15. The number of rotatable bonds is 6. The fraction of sp³-hybridized carbons (Fsp3) is 0.459. The Morgan fingerprint density at radius 3 is 2.74 bits per heavy atom. The van der Waals surface area contributed by atoms with Gasteiger partial charge in [-0.2, -0.15) is 9.97 Å². The molecule has 0 unspecified atom stereocenters. The molecule has 4 aliphatic heterocycles. The van der Waals surface area contributed by atoms with E-state index in [1.54, 1.807) is 11.0 Å². The van der Waals surface area contributed by atoms with Crippen LogP contribution in [0.15, 0.2) is 30.5 Å². The van der Waals surface area contributed by atoms with Crippen molar-refractivity contribution in [3.8, 4) is 35.4 Å². The first-order valence-electron chi connectivity index (χ1n) is 17.4. The molecule has 4 aromatic rings. The Morgan fingerprint density at radius 1 is 1.06 bits per heavy atom. The minimum Gasteiger partial charge on any atom is -0.461 e. The number of likely N-dealkylation sites (tertiary alicyclic amines) is 1. The Balaban J connectivity index is 1.26. The summed E-state index contributed by atoms with van der Waals surface area (Å²) < 4.78 is 58.8. The van der Waals surface area contributed by atoms with Gasteiger partial charge < -0.3 is 14.4 Å². The lowest BCUT2D eigenvalue weighted by atomic mass is 9.95. The van der Waals surface area contributed by atoms with Crippen molar-refractivity contribution in [2.75, 3.05) is 50.9 Å². The first-order valence-corrected chi connectivity index (χ1v) is 17.4. The van der Waals surface area contributed by atoms with Gasteiger partial charge >= 0.3 is 12.1 Å². The van der Waals surface area contributed by atoms with Crippen LogP contribution < -0.4 is 19.9 Å². The van der Waals surface area contributed by atoms with Crippen molar-refractivity contribution in [2.24, 2.45) is 0 Å². The predicted molar refractivity (Wildman–Crippen MR) is 183 cm³/mol. The van der Waals surface area contributed by atoms with E-state index < -0.39 is 29.4 Å². The molecule has 10 nitrogen and oxygen atoms in total. The van der Waals surface area contributed by atoms with Crippen LogP contribution in [-0.4, -0.2) is 88.4 Å². The number of amides is 1. The third-order valence-corrected chi connectivity index (χ3v) is 10.5. The van der Waals surface area contributed by atoms with Gasteiger partial charge in [-0.05, 0) is 68.7 Å². The zero-order chi connectivity index (χ0) is 34.4. The number of benzene rings is 2. The summed E-state index contributed by atoms with van der Waals surface area (Å²) in [6.45, 7) is 3.84. The number of alkyl halides is 1. The highest BCUT2D eigenvalue weighted by Gasteiger charge is 2.49. The summed E-state index contributed by atoms with van der Waals surface area (Å²) in [5.74, 6) is 1.51. The average molecular weight is 686 g/mol. The van der Waals surface area contributed by atoms with Crippen LogP contribution in [0.2, 0.25) is 0 Å². The van der Waals surface area contributed by atoms with E-state index in [1.165, 1.54) is 24.4 Å². The third-order valence-electron chi connectivity index (χ3n) is 10.5. The highest BCUT2D eigenvalue weighted by Crippen LogP contribution is 2.42. The summed E-state index contributed by atoms with van der Waals surface area (Å²) >= 11 is 0. The van der Waals surface area contributed by atoms with Crippen LogP contribution in [0.5, 0.6) is 11.8 Å². The van der Waals surface area contributed by atoms with Crippen LogP contribution in [-0.2, 0) is 0 Å². The van der Waals surface area contributed by atoms with Crippen molar-refractivity contribution in [2.45, 2.75) is 63.1 Å². The van der Waals surface area contributed by atoms with E-state index in [-0.39, 0.29) is 46.1 Å². The van der Waals surface area contributed by atoms with E-state index in [0.29, 0.717) is 55.7 Å². The lowest BCUT2D eigenvalue weighted by molar-refractivity contribution is 0.107. The monoisotopic (exact) mass is 685 g/mol. The smallest absolute Gasteiger partial charge is 0.415 e. The van der Waals surface area contributed by atoms with Crippen LogP contribution in [0.4, 0.5) is 23.8 Å². The number of hydrazine groups is 1. The summed E-state index contributed by atoms with van der Waals surface area (Å²) in [7, 11) is 0. The Hall–Kier alpha value is -4.67. The van der Waals surface area contributed by atoms with Gasteiger partial charge in [0.2, 0.25) is 0 Å². The summed E-state index contributed by atoms with van der Waals surface area (Å²) in [6, 6.07) is 5.75. The number of pyridine rings is 1. The molecule has 4 aliphatic rings. The molecule has 50 heavy (non-hydrogen) atoms. The number of hydrogen-bond acceptors (Lipinski definition) is 9. The largest absolute Gasteiger partial charge is 0.461 e. The van der Waals surface area contributed by atoms with Crippen LogP contribution >= 0.6 is 0 Å². The molecule has 0 aliphatic carbocycles. The number of nitrogens with one attached hydrogen (secondary N) is 1. The van der Waals surface area contributed by atoms with Gasteiger partial charge in [0.1, 0.15) is 35.6 Å². The van der Waals surface area contributed by atoms with Crippen molar-refractivity contribution < 1.29 is 27.4 Å². The molecule has 0 spiro atoms. The van der Waals surface area contributed by atoms with Gasteiger partial charge in [0.05, 0.1) is 16.5 Å². The fourth-order valence-corrected chi connectivity index (χ4v) is 8.04. The maximum absolute atomic E-state index is 17.1. The zero-order valence-corrected chi connectivity index (χ0v) is 27.7. The number of halogens is 3. The summed E-state index contributed by atoms with van der Waals surface area (Å²) in [5.41, 5.74) is 2.80. The molecular formula is C37H38F3N7O3. The number of ether oxygens (including phenoxy) is 2. The normalized spacial score (nSPS) is 22.6. The highest BCUT2D eigenvalue weighted by atomic mass is 19.1. The van der Waals surface area contributed by atoms with Crippen LogP contribution in [0.1, 0.15) is 56.9 Å². The Morgan fingerprint density at radius 2 is 1.90 bits per heavy atom. The van der Waals surface area contributed by atoms with Gasteiger partial charge in [0.15, 0.2) is 11.6 Å². The number of carbonyl (C=O) groups is 1. The minimum absolute atomic E-state index is 0.0355. The SMILES string of the molecule is C#Cc1c(F)ccc2cc(OC(=O)N3CCCC3)cc(-c3ncc4c(N5CCCCCN5)nc(OC[C@@]56CCCN5C[C@H](F)C6)nc4c3F)c12. The van der Waals surface area contributed by atoms with E-state index in [4.69, 9.17) is 20.9 Å². The second-order valence-corrected chi connectivity index (χ2v) is 13.7. The molecule has 0 bridgehead atoms. The van der Waals surface area contributed by atoms with Crippen LogP contribution in [0.25, 0.3) is 32.9 Å². The van der Waals surface area contributed by atoms with Crippen molar-refractivity contribution in [1.82, 2.24) is 30.2 Å². The van der Waals surface area contributed by atoms with Gasteiger partial charge in [0, 0.05) is 56.3 Å². The fourth-order valence-electron chi connectivity index (χ4n) is 8.04. The number of nitrogens with zero attached hydrogens (tertiary/aromatic N) is 6. The summed E-state index contributed by atoms with van der Waals surface area (Å²) in [5, 5.41) is 2.92. The van der Waals surface area contributed by atoms with Crippen molar-refractivity contribution in [1.29, 1.82) is 0 Å². The first kappa shape index (κ1) is 32.5. The van der Waals surface area contributed by atoms with Crippen molar-refractivity contribution in [3.63, 3.8) is 0 Å². The molecule has 0 radical (unpaired) electrons. The van der Waals surface area contributed by atoms with Crippen molar-refractivity contribution in [3.05, 3.63) is 47.7 Å². The number of hydrogen-bond donors (Lipinski definition) is 1. The number of fused-ring (bicyclic) bond motifs is 3. The zero-order valence-electron chi connectivity index (χ0n) is 27.7. The molecule has 13 heteroatoms.